The molecule has 1 heterocycles. The predicted octanol–water partition coefficient (Wildman–Crippen LogP) is 2.80. The highest BCUT2D eigenvalue weighted by Gasteiger charge is 2.44. The molecule has 1 fully saturated rings. The van der Waals surface area contributed by atoms with E-state index in [1.807, 2.05) is 20.2 Å². The Morgan fingerprint density at radius 3 is 2.52 bits per heavy atom. The summed E-state index contributed by atoms with van der Waals surface area (Å²) in [6.45, 7) is 7.22. The molecule has 1 aromatic heterocycles. The van der Waals surface area contributed by atoms with Gasteiger partial charge in [-0.15, -0.1) is 0 Å². The van der Waals surface area contributed by atoms with E-state index in [4.69, 9.17) is 9.47 Å². The topological polar surface area (TPSA) is 43.4 Å². The third-order valence-electron chi connectivity index (χ3n) is 4.84. The molecule has 4 nitrogen and oxygen atoms in total. The van der Waals surface area contributed by atoms with Crippen LogP contribution in [-0.4, -0.2) is 37.4 Å². The average Bonchev–Trinajstić information content (AvgIpc) is 2.42. The van der Waals surface area contributed by atoms with E-state index in [1.165, 1.54) is 6.42 Å². The van der Waals surface area contributed by atoms with Crippen LogP contribution in [0.4, 0.5) is 0 Å². The van der Waals surface area contributed by atoms with Crippen LogP contribution in [0.3, 0.4) is 0 Å². The molecule has 21 heavy (non-hydrogen) atoms. The van der Waals surface area contributed by atoms with Crippen molar-refractivity contribution in [1.82, 2.24) is 10.3 Å². The van der Waals surface area contributed by atoms with Gasteiger partial charge in [-0.25, -0.2) is 0 Å². The van der Waals surface area contributed by atoms with Gasteiger partial charge < -0.3 is 14.8 Å². The number of ether oxygens (including phenoxy) is 2. The third-order valence-corrected chi connectivity index (χ3v) is 4.84. The van der Waals surface area contributed by atoms with Crippen molar-refractivity contribution in [1.29, 1.82) is 0 Å². The fourth-order valence-corrected chi connectivity index (χ4v) is 3.38. The number of methoxy groups -OCH3 is 2. The van der Waals surface area contributed by atoms with E-state index in [9.17, 15) is 0 Å². The molecule has 118 valence electrons. The Bertz CT molecular complexity index is 478. The molecule has 1 aliphatic carbocycles. The molecule has 0 bridgehead atoms. The molecule has 1 aromatic rings. The fourth-order valence-electron chi connectivity index (χ4n) is 3.38. The molecule has 1 N–H and O–H groups in total. The number of aryl methyl sites for hydroxylation is 1. The van der Waals surface area contributed by atoms with Crippen molar-refractivity contribution in [3.8, 4) is 5.75 Å². The second-order valence-electron chi connectivity index (χ2n) is 5.98. The van der Waals surface area contributed by atoms with Crippen LogP contribution in [0, 0.1) is 13.8 Å². The van der Waals surface area contributed by atoms with Gasteiger partial charge in [0.05, 0.1) is 12.7 Å². The predicted molar refractivity (Wildman–Crippen MR) is 85.0 cm³/mol. The first-order valence-corrected chi connectivity index (χ1v) is 7.85. The minimum absolute atomic E-state index is 0.0255. The van der Waals surface area contributed by atoms with E-state index in [2.05, 4.69) is 24.1 Å². The Labute approximate surface area is 128 Å². The third kappa shape index (κ3) is 3.06. The van der Waals surface area contributed by atoms with Gasteiger partial charge in [-0.1, -0.05) is 6.92 Å². The number of likely N-dealkylation sites (N-methyl/N-ethyl adjacent to an activating group) is 1. The first-order valence-electron chi connectivity index (χ1n) is 7.85. The summed E-state index contributed by atoms with van der Waals surface area (Å²) in [5.74, 6) is 0.954. The summed E-state index contributed by atoms with van der Waals surface area (Å²) in [6.07, 6.45) is 6.29. The summed E-state index contributed by atoms with van der Waals surface area (Å²) in [7, 11) is 3.56. The second kappa shape index (κ2) is 6.75. The highest BCUT2D eigenvalue weighted by Crippen LogP contribution is 2.39. The molecule has 0 saturated heterocycles. The molecule has 1 saturated carbocycles. The SMILES string of the molecule is CCNC(Cc1ncc(C)c(OC)c1C)C1(OC)CCC1. The zero-order valence-corrected chi connectivity index (χ0v) is 14.0. The van der Waals surface area contributed by atoms with E-state index in [0.717, 1.165) is 48.4 Å². The monoisotopic (exact) mass is 292 g/mol. The highest BCUT2D eigenvalue weighted by atomic mass is 16.5. The van der Waals surface area contributed by atoms with Crippen LogP contribution in [0.5, 0.6) is 5.75 Å². The molecule has 4 heteroatoms. The lowest BCUT2D eigenvalue weighted by Crippen LogP contribution is -2.57. The van der Waals surface area contributed by atoms with E-state index in [0.29, 0.717) is 6.04 Å². The summed E-state index contributed by atoms with van der Waals surface area (Å²) in [4.78, 5) is 4.64. The Balaban J connectivity index is 2.25. The number of aromatic nitrogens is 1. The van der Waals surface area contributed by atoms with Crippen molar-refractivity contribution in [2.75, 3.05) is 20.8 Å². The number of hydrogen-bond acceptors (Lipinski definition) is 4. The summed E-state index contributed by atoms with van der Waals surface area (Å²) in [6, 6.07) is 0.305. The van der Waals surface area contributed by atoms with Gasteiger partial charge in [-0.2, -0.15) is 0 Å². The minimum Gasteiger partial charge on any atom is -0.496 e. The lowest BCUT2D eigenvalue weighted by Gasteiger charge is -2.47. The van der Waals surface area contributed by atoms with Crippen molar-refractivity contribution < 1.29 is 9.47 Å². The maximum Gasteiger partial charge on any atom is 0.128 e. The molecule has 0 radical (unpaired) electrons. The van der Waals surface area contributed by atoms with E-state index < -0.39 is 0 Å². The maximum atomic E-state index is 5.86. The number of nitrogens with zero attached hydrogens (tertiary/aromatic N) is 1. The average molecular weight is 292 g/mol. The van der Waals surface area contributed by atoms with Crippen molar-refractivity contribution in [3.05, 3.63) is 23.0 Å². The lowest BCUT2D eigenvalue weighted by atomic mass is 9.72. The quantitative estimate of drug-likeness (QED) is 0.839. The standard InChI is InChI=1S/C17H28N2O2/c1-6-18-15(17(21-5)8-7-9-17)10-14-13(3)16(20-4)12(2)11-19-14/h11,15,18H,6-10H2,1-5H3. The van der Waals surface area contributed by atoms with E-state index in [1.54, 1.807) is 7.11 Å². The number of pyridine rings is 1. The summed E-state index contributed by atoms with van der Waals surface area (Å²) >= 11 is 0. The van der Waals surface area contributed by atoms with Gasteiger partial charge in [0, 0.05) is 42.6 Å². The second-order valence-corrected chi connectivity index (χ2v) is 5.98. The zero-order chi connectivity index (χ0) is 15.5. The molecule has 0 aromatic carbocycles. The minimum atomic E-state index is -0.0255. The molecule has 0 amide bonds. The lowest BCUT2D eigenvalue weighted by molar-refractivity contribution is -0.0980. The van der Waals surface area contributed by atoms with Gasteiger partial charge in [-0.05, 0) is 39.7 Å². The molecular weight excluding hydrogens is 264 g/mol. The molecule has 0 aliphatic heterocycles. The summed E-state index contributed by atoms with van der Waals surface area (Å²) in [5.41, 5.74) is 3.31. The van der Waals surface area contributed by atoms with Crippen LogP contribution in [0.1, 0.15) is 43.0 Å². The first-order chi connectivity index (χ1) is 10.1. The van der Waals surface area contributed by atoms with Gasteiger partial charge in [0.25, 0.3) is 0 Å². The molecule has 1 aliphatic rings. The van der Waals surface area contributed by atoms with Crippen LogP contribution in [0.25, 0.3) is 0 Å². The Morgan fingerprint density at radius 2 is 2.05 bits per heavy atom. The largest absolute Gasteiger partial charge is 0.496 e. The normalized spacial score (nSPS) is 18.1. The highest BCUT2D eigenvalue weighted by molar-refractivity contribution is 5.41. The van der Waals surface area contributed by atoms with Gasteiger partial charge in [0.1, 0.15) is 5.75 Å². The van der Waals surface area contributed by atoms with Gasteiger partial charge in [0.2, 0.25) is 0 Å². The number of rotatable bonds is 7. The van der Waals surface area contributed by atoms with Crippen LogP contribution < -0.4 is 10.1 Å². The van der Waals surface area contributed by atoms with Crippen molar-refractivity contribution in [2.45, 2.75) is 58.1 Å². The van der Waals surface area contributed by atoms with Crippen LogP contribution in [0.15, 0.2) is 6.20 Å². The van der Waals surface area contributed by atoms with Crippen molar-refractivity contribution in [2.24, 2.45) is 0 Å². The molecule has 2 rings (SSSR count). The molecule has 1 atom stereocenters. The van der Waals surface area contributed by atoms with Crippen LogP contribution in [0.2, 0.25) is 0 Å². The molecule has 1 unspecified atom stereocenters. The Kier molecular flexibility index (Phi) is 5.22. The molecular formula is C17H28N2O2. The van der Waals surface area contributed by atoms with Gasteiger partial charge in [0.15, 0.2) is 0 Å². The van der Waals surface area contributed by atoms with Crippen LogP contribution in [-0.2, 0) is 11.2 Å². The Morgan fingerprint density at radius 1 is 1.33 bits per heavy atom. The van der Waals surface area contributed by atoms with E-state index in [-0.39, 0.29) is 5.60 Å². The summed E-state index contributed by atoms with van der Waals surface area (Å²) < 4.78 is 11.4. The van der Waals surface area contributed by atoms with E-state index >= 15 is 0 Å². The smallest absolute Gasteiger partial charge is 0.128 e. The number of nitrogens with one attached hydrogen (secondary N) is 1. The zero-order valence-electron chi connectivity index (χ0n) is 14.0. The summed E-state index contributed by atoms with van der Waals surface area (Å²) in [5, 5.41) is 3.60. The van der Waals surface area contributed by atoms with Crippen molar-refractivity contribution >= 4 is 0 Å². The van der Waals surface area contributed by atoms with Gasteiger partial charge >= 0.3 is 0 Å². The fraction of sp³-hybridized carbons (Fsp3) is 0.706. The van der Waals surface area contributed by atoms with Crippen molar-refractivity contribution in [3.63, 3.8) is 0 Å². The first kappa shape index (κ1) is 16.2. The van der Waals surface area contributed by atoms with Crippen LogP contribution >= 0.6 is 0 Å². The number of hydrogen-bond donors (Lipinski definition) is 1. The van der Waals surface area contributed by atoms with Gasteiger partial charge in [-0.3, -0.25) is 4.98 Å². The maximum absolute atomic E-state index is 5.86. The molecule has 0 spiro atoms. The Hall–Kier alpha value is -1.13.